The molecule has 0 aliphatic carbocycles. The molecule has 1 unspecified atom stereocenters. The van der Waals surface area contributed by atoms with E-state index in [9.17, 15) is 9.59 Å². The predicted molar refractivity (Wildman–Crippen MR) is 67.3 cm³/mol. The first-order chi connectivity index (χ1) is 8.50. The number of carbonyl (C=O) groups is 2. The van der Waals surface area contributed by atoms with E-state index in [2.05, 4.69) is 0 Å². The van der Waals surface area contributed by atoms with Crippen molar-refractivity contribution in [3.63, 3.8) is 0 Å². The fraction of sp³-hybridized carbons (Fsp3) is 0.333. The van der Waals surface area contributed by atoms with Gasteiger partial charge in [0, 0.05) is 13.1 Å². The molecule has 18 heavy (non-hydrogen) atoms. The summed E-state index contributed by atoms with van der Waals surface area (Å²) in [5.74, 6) is -1.63. The average Bonchev–Trinajstić information content (AvgIpc) is 2.77. The highest BCUT2D eigenvalue weighted by molar-refractivity contribution is 5.98. The Labute approximate surface area is 104 Å². The Bertz CT molecular complexity index is 501. The summed E-state index contributed by atoms with van der Waals surface area (Å²) in [6.07, 6.45) is 0.628. The van der Waals surface area contributed by atoms with Crippen LogP contribution in [0.25, 0.3) is 0 Å². The van der Waals surface area contributed by atoms with Gasteiger partial charge in [-0.25, -0.2) is 4.79 Å². The van der Waals surface area contributed by atoms with Crippen LogP contribution in [0.3, 0.4) is 0 Å². The van der Waals surface area contributed by atoms with Gasteiger partial charge < -0.3 is 21.5 Å². The quantitative estimate of drug-likeness (QED) is 0.666. The van der Waals surface area contributed by atoms with Gasteiger partial charge in [-0.2, -0.15) is 0 Å². The van der Waals surface area contributed by atoms with Gasteiger partial charge >= 0.3 is 5.97 Å². The van der Waals surface area contributed by atoms with Crippen LogP contribution in [-0.4, -0.2) is 30.1 Å². The lowest BCUT2D eigenvalue weighted by Gasteiger charge is -2.22. The first-order valence-electron chi connectivity index (χ1n) is 5.66. The summed E-state index contributed by atoms with van der Waals surface area (Å²) in [6.45, 7) is 1.01. The number of anilines is 2. The number of primary amides is 1. The lowest BCUT2D eigenvalue weighted by atomic mass is 10.1. The number of amides is 1. The zero-order valence-electron chi connectivity index (χ0n) is 9.80. The number of hydrogen-bond donors (Lipinski definition) is 3. The van der Waals surface area contributed by atoms with Crippen LogP contribution in [0.5, 0.6) is 0 Å². The molecule has 1 saturated heterocycles. The van der Waals surface area contributed by atoms with Gasteiger partial charge in [0.2, 0.25) is 5.91 Å². The van der Waals surface area contributed by atoms with Crippen molar-refractivity contribution in [1.29, 1.82) is 0 Å². The lowest BCUT2D eigenvalue weighted by Crippen LogP contribution is -2.28. The molecule has 0 saturated carbocycles. The largest absolute Gasteiger partial charge is 0.478 e. The van der Waals surface area contributed by atoms with E-state index >= 15 is 0 Å². The van der Waals surface area contributed by atoms with E-state index < -0.39 is 5.97 Å². The molecule has 1 heterocycles. The first kappa shape index (κ1) is 12.2. The van der Waals surface area contributed by atoms with Crippen LogP contribution in [0.15, 0.2) is 18.2 Å². The van der Waals surface area contributed by atoms with Gasteiger partial charge in [0.1, 0.15) is 0 Å². The van der Waals surface area contributed by atoms with E-state index in [0.29, 0.717) is 30.9 Å². The van der Waals surface area contributed by atoms with Crippen LogP contribution >= 0.6 is 0 Å². The number of hydrogen-bond acceptors (Lipinski definition) is 4. The van der Waals surface area contributed by atoms with Gasteiger partial charge in [0.15, 0.2) is 0 Å². The summed E-state index contributed by atoms with van der Waals surface area (Å²) in [4.78, 5) is 24.1. The Morgan fingerprint density at radius 1 is 1.39 bits per heavy atom. The maximum atomic E-state index is 11.2. The fourth-order valence-electron chi connectivity index (χ4n) is 2.28. The zero-order valence-corrected chi connectivity index (χ0v) is 9.80. The van der Waals surface area contributed by atoms with E-state index in [-0.39, 0.29) is 17.4 Å². The van der Waals surface area contributed by atoms with Crippen LogP contribution in [0.2, 0.25) is 0 Å². The van der Waals surface area contributed by atoms with Crippen LogP contribution in [-0.2, 0) is 4.79 Å². The fourth-order valence-corrected chi connectivity index (χ4v) is 2.28. The average molecular weight is 249 g/mol. The van der Waals surface area contributed by atoms with E-state index in [4.69, 9.17) is 16.6 Å². The van der Waals surface area contributed by atoms with Crippen LogP contribution in [0.4, 0.5) is 11.4 Å². The number of aromatic carboxylic acids is 1. The number of carboxylic acid groups (broad SMARTS) is 1. The maximum absolute atomic E-state index is 11.2. The smallest absolute Gasteiger partial charge is 0.337 e. The second-order valence-corrected chi connectivity index (χ2v) is 4.38. The van der Waals surface area contributed by atoms with Crippen molar-refractivity contribution in [2.24, 2.45) is 11.7 Å². The van der Waals surface area contributed by atoms with Crippen molar-refractivity contribution < 1.29 is 14.7 Å². The number of para-hydroxylation sites is 1. The first-order valence-corrected chi connectivity index (χ1v) is 5.66. The van der Waals surface area contributed by atoms with Gasteiger partial charge in [-0.3, -0.25) is 4.79 Å². The summed E-state index contributed by atoms with van der Waals surface area (Å²) in [6, 6.07) is 4.76. The molecule has 1 amide bonds. The molecule has 0 spiro atoms. The second kappa shape index (κ2) is 4.56. The van der Waals surface area contributed by atoms with Crippen molar-refractivity contribution in [1.82, 2.24) is 0 Å². The summed E-state index contributed by atoms with van der Waals surface area (Å²) in [7, 11) is 0. The van der Waals surface area contributed by atoms with E-state index in [1.54, 1.807) is 12.1 Å². The van der Waals surface area contributed by atoms with Crippen LogP contribution < -0.4 is 16.4 Å². The predicted octanol–water partition coefficient (Wildman–Crippen LogP) is 0.279. The van der Waals surface area contributed by atoms with Gasteiger partial charge in [0.05, 0.1) is 22.9 Å². The minimum atomic E-state index is -1.03. The number of nitrogen functional groups attached to an aromatic ring is 1. The molecule has 1 fully saturated rings. The molecule has 96 valence electrons. The number of carboxylic acids is 1. The molecule has 5 N–H and O–H groups in total. The van der Waals surface area contributed by atoms with Crippen molar-refractivity contribution in [3.8, 4) is 0 Å². The Morgan fingerprint density at radius 3 is 2.67 bits per heavy atom. The van der Waals surface area contributed by atoms with Crippen molar-refractivity contribution in [2.75, 3.05) is 23.7 Å². The van der Waals surface area contributed by atoms with Crippen molar-refractivity contribution >= 4 is 23.3 Å². The highest BCUT2D eigenvalue weighted by Crippen LogP contribution is 2.32. The van der Waals surface area contributed by atoms with Crippen molar-refractivity contribution in [2.45, 2.75) is 6.42 Å². The molecule has 0 radical (unpaired) electrons. The molecular weight excluding hydrogens is 234 g/mol. The summed E-state index contributed by atoms with van der Waals surface area (Å²) >= 11 is 0. The van der Waals surface area contributed by atoms with E-state index in [0.717, 1.165) is 0 Å². The van der Waals surface area contributed by atoms with Gasteiger partial charge in [-0.05, 0) is 18.6 Å². The molecule has 0 bridgehead atoms. The zero-order chi connectivity index (χ0) is 13.3. The Hall–Kier alpha value is -2.24. The standard InChI is InChI=1S/C12H15N3O3/c13-9-3-1-2-8(12(17)18)10(9)15-5-4-7(6-15)11(14)16/h1-3,7H,4-6,13H2,(H2,14,16)(H,17,18). The van der Waals surface area contributed by atoms with Gasteiger partial charge in [-0.1, -0.05) is 6.07 Å². The summed E-state index contributed by atoms with van der Waals surface area (Å²) < 4.78 is 0. The van der Waals surface area contributed by atoms with E-state index in [1.165, 1.54) is 6.07 Å². The molecule has 0 aromatic heterocycles. The number of benzene rings is 1. The van der Waals surface area contributed by atoms with Gasteiger partial charge in [-0.15, -0.1) is 0 Å². The number of rotatable bonds is 3. The van der Waals surface area contributed by atoms with Crippen LogP contribution in [0, 0.1) is 5.92 Å². The third kappa shape index (κ3) is 2.09. The summed E-state index contributed by atoms with van der Waals surface area (Å²) in [5.41, 5.74) is 12.1. The second-order valence-electron chi connectivity index (χ2n) is 4.38. The lowest BCUT2D eigenvalue weighted by molar-refractivity contribution is -0.121. The molecule has 1 aromatic rings. The number of nitrogens with zero attached hydrogens (tertiary/aromatic N) is 1. The minimum absolute atomic E-state index is 0.153. The monoisotopic (exact) mass is 249 g/mol. The Morgan fingerprint density at radius 2 is 2.11 bits per heavy atom. The number of carbonyl (C=O) groups excluding carboxylic acids is 1. The molecule has 6 nitrogen and oxygen atoms in total. The van der Waals surface area contributed by atoms with E-state index in [1.807, 2.05) is 4.90 Å². The minimum Gasteiger partial charge on any atom is -0.478 e. The third-order valence-corrected chi connectivity index (χ3v) is 3.20. The molecule has 1 aliphatic rings. The molecule has 2 rings (SSSR count). The highest BCUT2D eigenvalue weighted by atomic mass is 16.4. The SMILES string of the molecule is NC(=O)C1CCN(c2c(N)cccc2C(=O)O)C1. The van der Waals surface area contributed by atoms with Crippen LogP contribution in [0.1, 0.15) is 16.8 Å². The maximum Gasteiger partial charge on any atom is 0.337 e. The molecule has 1 aliphatic heterocycles. The normalized spacial score (nSPS) is 18.9. The molecule has 1 atom stereocenters. The molecule has 6 heteroatoms. The Kier molecular flexibility index (Phi) is 3.10. The topological polar surface area (TPSA) is 110 Å². The van der Waals surface area contributed by atoms with Crippen molar-refractivity contribution in [3.05, 3.63) is 23.8 Å². The van der Waals surface area contributed by atoms with Gasteiger partial charge in [0.25, 0.3) is 0 Å². The number of nitrogens with two attached hydrogens (primary N) is 2. The Balaban J connectivity index is 2.34. The summed E-state index contributed by atoms with van der Waals surface area (Å²) in [5, 5.41) is 9.15. The third-order valence-electron chi connectivity index (χ3n) is 3.20. The molecule has 1 aromatic carbocycles. The molecular formula is C12H15N3O3. The highest BCUT2D eigenvalue weighted by Gasteiger charge is 2.29.